The van der Waals surface area contributed by atoms with Crippen LogP contribution in [0.4, 0.5) is 26.8 Å². The Morgan fingerprint density at radius 2 is 1.82 bits per heavy atom. The number of aromatic nitrogens is 2. The summed E-state index contributed by atoms with van der Waals surface area (Å²) in [6, 6.07) is 11.1. The van der Waals surface area contributed by atoms with Crippen molar-refractivity contribution >= 4 is 40.2 Å². The highest BCUT2D eigenvalue weighted by atomic mass is 16.2. The summed E-state index contributed by atoms with van der Waals surface area (Å²) in [6.45, 7) is 7.87. The van der Waals surface area contributed by atoms with E-state index in [0.29, 0.717) is 12.4 Å². The molecule has 0 unspecified atom stereocenters. The monoisotopic (exact) mass is 451 g/mol. The molecule has 33 heavy (non-hydrogen) atoms. The van der Waals surface area contributed by atoms with Gasteiger partial charge in [0.2, 0.25) is 0 Å². The van der Waals surface area contributed by atoms with Gasteiger partial charge in [0, 0.05) is 55.9 Å². The Bertz CT molecular complexity index is 1090. The summed E-state index contributed by atoms with van der Waals surface area (Å²) in [5, 5.41) is 9.29. The van der Waals surface area contributed by atoms with Gasteiger partial charge in [-0.15, -0.1) is 0 Å². The molecule has 2 heterocycles. The minimum atomic E-state index is -0.265. The summed E-state index contributed by atoms with van der Waals surface area (Å²) >= 11 is 0. The van der Waals surface area contributed by atoms with Gasteiger partial charge in [0.05, 0.1) is 5.52 Å². The zero-order valence-electron chi connectivity index (χ0n) is 19.8. The minimum absolute atomic E-state index is 0.178. The molecular weight excluding hydrogens is 418 g/mol. The van der Waals surface area contributed by atoms with E-state index in [-0.39, 0.29) is 12.1 Å². The SMILES string of the molecule is CCN(CC)CCCNC(=O)Nc1cc(N(C)c2ccc3c(ccn3C(=O)NC)c2)ccn1. The van der Waals surface area contributed by atoms with E-state index in [4.69, 9.17) is 0 Å². The highest BCUT2D eigenvalue weighted by Crippen LogP contribution is 2.28. The maximum atomic E-state index is 12.3. The van der Waals surface area contributed by atoms with Gasteiger partial charge in [-0.05, 0) is 56.4 Å². The molecule has 0 aliphatic rings. The molecule has 3 rings (SSSR count). The van der Waals surface area contributed by atoms with Crippen LogP contribution in [0.5, 0.6) is 0 Å². The quantitative estimate of drug-likeness (QED) is 0.430. The third-order valence-electron chi connectivity index (χ3n) is 5.70. The second-order valence-electron chi connectivity index (χ2n) is 7.70. The molecular formula is C24H33N7O2. The van der Waals surface area contributed by atoms with Crippen LogP contribution >= 0.6 is 0 Å². The van der Waals surface area contributed by atoms with Crippen LogP contribution in [0.2, 0.25) is 0 Å². The lowest BCUT2D eigenvalue weighted by Crippen LogP contribution is -2.32. The normalized spacial score (nSPS) is 10.9. The average Bonchev–Trinajstić information content (AvgIpc) is 3.26. The van der Waals surface area contributed by atoms with Gasteiger partial charge in [-0.1, -0.05) is 13.8 Å². The van der Waals surface area contributed by atoms with Crippen molar-refractivity contribution in [3.63, 3.8) is 0 Å². The number of benzene rings is 1. The molecule has 0 aliphatic heterocycles. The predicted octanol–water partition coefficient (Wildman–Crippen LogP) is 3.85. The third-order valence-corrected chi connectivity index (χ3v) is 5.70. The van der Waals surface area contributed by atoms with Crippen LogP contribution in [0.15, 0.2) is 48.8 Å². The summed E-state index contributed by atoms with van der Waals surface area (Å²) in [7, 11) is 3.56. The maximum Gasteiger partial charge on any atom is 0.325 e. The van der Waals surface area contributed by atoms with E-state index in [0.717, 1.165) is 48.3 Å². The fourth-order valence-corrected chi connectivity index (χ4v) is 3.69. The molecule has 0 saturated carbocycles. The van der Waals surface area contributed by atoms with Crippen LogP contribution in [0.1, 0.15) is 20.3 Å². The number of anilines is 3. The van der Waals surface area contributed by atoms with Crippen molar-refractivity contribution < 1.29 is 9.59 Å². The fraction of sp³-hybridized carbons (Fsp3) is 0.375. The summed E-state index contributed by atoms with van der Waals surface area (Å²) < 4.78 is 1.58. The lowest BCUT2D eigenvalue weighted by Gasteiger charge is -2.20. The maximum absolute atomic E-state index is 12.3. The predicted molar refractivity (Wildman–Crippen MR) is 134 cm³/mol. The van der Waals surface area contributed by atoms with E-state index in [2.05, 4.69) is 39.7 Å². The Hall–Kier alpha value is -3.59. The van der Waals surface area contributed by atoms with Gasteiger partial charge < -0.3 is 20.4 Å². The van der Waals surface area contributed by atoms with Crippen LogP contribution < -0.4 is 20.9 Å². The Morgan fingerprint density at radius 1 is 1.06 bits per heavy atom. The molecule has 9 nitrogen and oxygen atoms in total. The van der Waals surface area contributed by atoms with Crippen molar-refractivity contribution in [2.75, 3.05) is 50.5 Å². The topological polar surface area (TPSA) is 94.5 Å². The van der Waals surface area contributed by atoms with Crippen LogP contribution in [0.25, 0.3) is 10.9 Å². The molecule has 0 atom stereocenters. The molecule has 9 heteroatoms. The highest BCUT2D eigenvalue weighted by Gasteiger charge is 2.11. The van der Waals surface area contributed by atoms with Crippen molar-refractivity contribution in [2.24, 2.45) is 0 Å². The molecule has 0 bridgehead atoms. The van der Waals surface area contributed by atoms with E-state index in [1.807, 2.05) is 48.3 Å². The molecule has 0 fully saturated rings. The van der Waals surface area contributed by atoms with Crippen LogP contribution in [0.3, 0.4) is 0 Å². The second kappa shape index (κ2) is 11.3. The minimum Gasteiger partial charge on any atom is -0.344 e. The van der Waals surface area contributed by atoms with Crippen molar-refractivity contribution in [3.8, 4) is 0 Å². The Kier molecular flexibility index (Phi) is 8.26. The summed E-state index contributed by atoms with van der Waals surface area (Å²) in [5.41, 5.74) is 2.67. The van der Waals surface area contributed by atoms with Gasteiger partial charge >= 0.3 is 12.1 Å². The number of fused-ring (bicyclic) bond motifs is 1. The molecule has 1 aromatic carbocycles. The number of rotatable bonds is 9. The molecule has 0 spiro atoms. The number of urea groups is 1. The van der Waals surface area contributed by atoms with Gasteiger partial charge in [0.25, 0.3) is 0 Å². The van der Waals surface area contributed by atoms with Crippen LogP contribution in [0, 0.1) is 0 Å². The largest absolute Gasteiger partial charge is 0.344 e. The molecule has 0 aliphatic carbocycles. The van der Waals surface area contributed by atoms with E-state index >= 15 is 0 Å². The summed E-state index contributed by atoms with van der Waals surface area (Å²) in [6.07, 6.45) is 4.32. The smallest absolute Gasteiger partial charge is 0.325 e. The van der Waals surface area contributed by atoms with E-state index in [1.165, 1.54) is 0 Å². The van der Waals surface area contributed by atoms with Crippen molar-refractivity contribution in [2.45, 2.75) is 20.3 Å². The number of amides is 3. The molecule has 0 saturated heterocycles. The number of nitrogens with one attached hydrogen (secondary N) is 3. The standard InChI is InChI=1S/C24H33N7O2/c1-5-30(6-2)14-7-12-27-23(32)28-22-17-20(10-13-26-22)29(4)19-8-9-21-18(16-19)11-15-31(21)24(33)25-3/h8-11,13,15-17H,5-7,12,14H2,1-4H3,(H,25,33)(H2,26,27,28,32). The van der Waals surface area contributed by atoms with E-state index < -0.39 is 0 Å². The summed E-state index contributed by atoms with van der Waals surface area (Å²) in [5.74, 6) is 0.479. The number of hydrogen-bond donors (Lipinski definition) is 3. The first-order valence-corrected chi connectivity index (χ1v) is 11.3. The molecule has 176 valence electrons. The van der Waals surface area contributed by atoms with Gasteiger partial charge in [-0.2, -0.15) is 0 Å². The lowest BCUT2D eigenvalue weighted by molar-refractivity contribution is 0.245. The average molecular weight is 452 g/mol. The van der Waals surface area contributed by atoms with Gasteiger partial charge in [0.1, 0.15) is 5.82 Å². The first-order valence-electron chi connectivity index (χ1n) is 11.3. The number of pyridine rings is 1. The van der Waals surface area contributed by atoms with Crippen molar-refractivity contribution in [1.82, 2.24) is 25.1 Å². The number of carbonyl (C=O) groups is 2. The zero-order valence-corrected chi connectivity index (χ0v) is 19.8. The van der Waals surface area contributed by atoms with Crippen LogP contribution in [-0.4, -0.2) is 66.8 Å². The Morgan fingerprint density at radius 3 is 2.55 bits per heavy atom. The molecule has 3 N–H and O–H groups in total. The second-order valence-corrected chi connectivity index (χ2v) is 7.70. The molecule has 0 radical (unpaired) electrons. The van der Waals surface area contributed by atoms with Crippen LogP contribution in [-0.2, 0) is 0 Å². The zero-order chi connectivity index (χ0) is 23.8. The fourth-order valence-electron chi connectivity index (χ4n) is 3.69. The Balaban J connectivity index is 1.63. The molecule has 2 aromatic heterocycles. The summed E-state index contributed by atoms with van der Waals surface area (Å²) in [4.78, 5) is 32.8. The van der Waals surface area contributed by atoms with Gasteiger partial charge in [-0.3, -0.25) is 9.88 Å². The first kappa shape index (κ1) is 24.1. The van der Waals surface area contributed by atoms with E-state index in [1.54, 1.807) is 24.0 Å². The molecule has 3 aromatic rings. The number of hydrogen-bond acceptors (Lipinski definition) is 5. The van der Waals surface area contributed by atoms with Crippen molar-refractivity contribution in [3.05, 3.63) is 48.8 Å². The van der Waals surface area contributed by atoms with Gasteiger partial charge in [0.15, 0.2) is 0 Å². The highest BCUT2D eigenvalue weighted by molar-refractivity contribution is 5.93. The van der Waals surface area contributed by atoms with Crippen molar-refractivity contribution in [1.29, 1.82) is 0 Å². The number of carbonyl (C=O) groups excluding carboxylic acids is 2. The Labute approximate surface area is 194 Å². The van der Waals surface area contributed by atoms with E-state index in [9.17, 15) is 9.59 Å². The first-order chi connectivity index (χ1) is 16.0. The molecule has 3 amide bonds. The third kappa shape index (κ3) is 6.01. The lowest BCUT2D eigenvalue weighted by atomic mass is 10.2. The van der Waals surface area contributed by atoms with Gasteiger partial charge in [-0.25, -0.2) is 14.6 Å². The number of nitrogens with zero attached hydrogens (tertiary/aromatic N) is 4.